The van der Waals surface area contributed by atoms with Crippen molar-refractivity contribution in [2.24, 2.45) is 10.9 Å². The van der Waals surface area contributed by atoms with E-state index in [1.165, 1.54) is 4.88 Å². The van der Waals surface area contributed by atoms with Crippen LogP contribution in [0, 0.1) is 0 Å². The van der Waals surface area contributed by atoms with Gasteiger partial charge in [0.25, 0.3) is 0 Å². The number of benzene rings is 1. The molecule has 4 N–H and O–H groups in total. The third kappa shape index (κ3) is 3.06. The Morgan fingerprint density at radius 2 is 2.22 bits per heavy atom. The molecule has 5 nitrogen and oxygen atoms in total. The minimum atomic E-state index is 0.130. The number of rotatable bonds is 5. The van der Waals surface area contributed by atoms with Crippen molar-refractivity contribution in [2.75, 3.05) is 0 Å². The Bertz CT molecular complexity index is 525. The van der Waals surface area contributed by atoms with Crippen LogP contribution in [0.3, 0.4) is 0 Å². The van der Waals surface area contributed by atoms with Crippen LogP contribution in [0.15, 0.2) is 41.1 Å². The molecule has 6 heteroatoms. The monoisotopic (exact) mass is 262 g/mol. The van der Waals surface area contributed by atoms with Crippen LogP contribution in [0.2, 0.25) is 0 Å². The zero-order valence-corrected chi connectivity index (χ0v) is 10.5. The van der Waals surface area contributed by atoms with Gasteiger partial charge < -0.3 is 16.3 Å². The highest BCUT2D eigenvalue weighted by Crippen LogP contribution is 2.09. The van der Waals surface area contributed by atoms with Gasteiger partial charge in [-0.3, -0.25) is 4.98 Å². The number of amidine groups is 1. The number of aromatic nitrogens is 1. The summed E-state index contributed by atoms with van der Waals surface area (Å²) in [6.45, 7) is 1.42. The fraction of sp³-hybridized carbons (Fsp3) is 0.167. The van der Waals surface area contributed by atoms with Gasteiger partial charge >= 0.3 is 0 Å². The molecule has 0 unspecified atom stereocenters. The zero-order chi connectivity index (χ0) is 12.8. The third-order valence-electron chi connectivity index (χ3n) is 2.50. The Labute approximate surface area is 109 Å². The molecule has 1 aromatic heterocycles. The molecule has 0 spiro atoms. The normalized spacial score (nSPS) is 11.7. The first-order valence-corrected chi connectivity index (χ1v) is 6.33. The highest BCUT2D eigenvalue weighted by Gasteiger charge is 2.05. The molecule has 0 atom stereocenters. The van der Waals surface area contributed by atoms with E-state index in [0.717, 1.165) is 17.7 Å². The molecule has 0 radical (unpaired) electrons. The van der Waals surface area contributed by atoms with Crippen LogP contribution in [0.25, 0.3) is 0 Å². The summed E-state index contributed by atoms with van der Waals surface area (Å²) in [5, 5.41) is 15.1. The number of oxime groups is 1. The molecule has 0 saturated heterocycles. The molecule has 0 amide bonds. The van der Waals surface area contributed by atoms with E-state index in [0.29, 0.717) is 6.54 Å². The molecule has 1 heterocycles. The van der Waals surface area contributed by atoms with E-state index in [4.69, 9.17) is 10.9 Å². The number of thiazole rings is 1. The van der Waals surface area contributed by atoms with Crippen LogP contribution in [0.5, 0.6) is 0 Å². The summed E-state index contributed by atoms with van der Waals surface area (Å²) in [4.78, 5) is 5.19. The maximum atomic E-state index is 8.72. The third-order valence-corrected chi connectivity index (χ3v) is 3.28. The first kappa shape index (κ1) is 12.5. The van der Waals surface area contributed by atoms with E-state index in [2.05, 4.69) is 15.5 Å². The molecule has 0 saturated carbocycles. The summed E-state index contributed by atoms with van der Waals surface area (Å²) in [6, 6.07) is 7.57. The van der Waals surface area contributed by atoms with Gasteiger partial charge in [0.2, 0.25) is 0 Å². The maximum Gasteiger partial charge on any atom is 0.170 e. The van der Waals surface area contributed by atoms with Crippen molar-refractivity contribution in [2.45, 2.75) is 13.1 Å². The Morgan fingerprint density at radius 1 is 1.39 bits per heavy atom. The van der Waals surface area contributed by atoms with Crippen LogP contribution >= 0.6 is 11.3 Å². The Morgan fingerprint density at radius 3 is 2.94 bits per heavy atom. The average molecular weight is 262 g/mol. The van der Waals surface area contributed by atoms with Gasteiger partial charge in [-0.05, 0) is 5.56 Å². The quantitative estimate of drug-likeness (QED) is 0.330. The SMILES string of the molecule is N/C(=N/O)c1ccccc1CNCc1cncs1. The lowest BCUT2D eigenvalue weighted by Gasteiger charge is -2.08. The molecular formula is C12H14N4OS. The number of nitrogens with two attached hydrogens (primary N) is 1. The van der Waals surface area contributed by atoms with E-state index in [1.807, 2.05) is 30.5 Å². The highest BCUT2D eigenvalue weighted by molar-refractivity contribution is 7.09. The van der Waals surface area contributed by atoms with Crippen molar-refractivity contribution in [3.8, 4) is 0 Å². The second kappa shape index (κ2) is 6.13. The molecule has 0 aliphatic heterocycles. The van der Waals surface area contributed by atoms with Crippen molar-refractivity contribution in [3.63, 3.8) is 0 Å². The highest BCUT2D eigenvalue weighted by atomic mass is 32.1. The first-order valence-electron chi connectivity index (χ1n) is 5.45. The molecule has 0 aliphatic carbocycles. The molecule has 0 aliphatic rings. The number of hydrogen-bond donors (Lipinski definition) is 3. The van der Waals surface area contributed by atoms with Gasteiger partial charge in [0.05, 0.1) is 5.51 Å². The van der Waals surface area contributed by atoms with E-state index in [-0.39, 0.29) is 5.84 Å². The van der Waals surface area contributed by atoms with Crippen LogP contribution in [0.1, 0.15) is 16.0 Å². The van der Waals surface area contributed by atoms with Crippen LogP contribution in [0.4, 0.5) is 0 Å². The number of nitrogens with zero attached hydrogens (tertiary/aromatic N) is 2. The van der Waals surface area contributed by atoms with Crippen LogP contribution < -0.4 is 11.1 Å². The van der Waals surface area contributed by atoms with Gasteiger partial charge in [-0.25, -0.2) is 0 Å². The average Bonchev–Trinajstić information content (AvgIpc) is 2.92. The summed E-state index contributed by atoms with van der Waals surface area (Å²) in [5.74, 6) is 0.130. The molecule has 94 valence electrons. The van der Waals surface area contributed by atoms with E-state index < -0.39 is 0 Å². The summed E-state index contributed by atoms with van der Waals surface area (Å²) in [5.41, 5.74) is 9.18. The minimum Gasteiger partial charge on any atom is -0.409 e. The lowest BCUT2D eigenvalue weighted by molar-refractivity contribution is 0.318. The Hall–Kier alpha value is -1.92. The predicted octanol–water partition coefficient (Wildman–Crippen LogP) is 1.53. The Balaban J connectivity index is 2.01. The second-order valence-corrected chi connectivity index (χ2v) is 4.68. The van der Waals surface area contributed by atoms with Gasteiger partial charge in [0.1, 0.15) is 0 Å². The second-order valence-electron chi connectivity index (χ2n) is 3.71. The van der Waals surface area contributed by atoms with E-state index in [9.17, 15) is 0 Å². The van der Waals surface area contributed by atoms with Crippen LogP contribution in [-0.2, 0) is 13.1 Å². The van der Waals surface area contributed by atoms with Gasteiger partial charge in [0, 0.05) is 29.7 Å². The number of nitrogens with one attached hydrogen (secondary N) is 1. The topological polar surface area (TPSA) is 83.5 Å². The predicted molar refractivity (Wildman–Crippen MR) is 71.6 cm³/mol. The summed E-state index contributed by atoms with van der Waals surface area (Å²) >= 11 is 1.61. The fourth-order valence-electron chi connectivity index (χ4n) is 1.63. The maximum absolute atomic E-state index is 8.72. The molecular weight excluding hydrogens is 248 g/mol. The summed E-state index contributed by atoms with van der Waals surface area (Å²) in [7, 11) is 0. The van der Waals surface area contributed by atoms with Crippen molar-refractivity contribution in [1.82, 2.24) is 10.3 Å². The minimum absolute atomic E-state index is 0.130. The molecule has 0 bridgehead atoms. The van der Waals surface area contributed by atoms with Gasteiger partial charge in [0.15, 0.2) is 5.84 Å². The lowest BCUT2D eigenvalue weighted by Crippen LogP contribution is -2.19. The first-order chi connectivity index (χ1) is 8.81. The molecule has 2 rings (SSSR count). The summed E-state index contributed by atoms with van der Waals surface area (Å²) < 4.78 is 0. The Kier molecular flexibility index (Phi) is 4.27. The largest absolute Gasteiger partial charge is 0.409 e. The molecule has 0 fully saturated rings. The smallest absolute Gasteiger partial charge is 0.170 e. The zero-order valence-electron chi connectivity index (χ0n) is 9.71. The van der Waals surface area contributed by atoms with E-state index in [1.54, 1.807) is 16.8 Å². The van der Waals surface area contributed by atoms with Gasteiger partial charge in [-0.2, -0.15) is 0 Å². The van der Waals surface area contributed by atoms with Crippen molar-refractivity contribution >= 4 is 17.2 Å². The molecule has 18 heavy (non-hydrogen) atoms. The lowest BCUT2D eigenvalue weighted by atomic mass is 10.1. The van der Waals surface area contributed by atoms with Gasteiger partial charge in [-0.15, -0.1) is 11.3 Å². The number of hydrogen-bond acceptors (Lipinski definition) is 5. The summed E-state index contributed by atoms with van der Waals surface area (Å²) in [6.07, 6.45) is 1.84. The van der Waals surface area contributed by atoms with Crippen molar-refractivity contribution < 1.29 is 5.21 Å². The van der Waals surface area contributed by atoms with Crippen LogP contribution in [-0.4, -0.2) is 16.0 Å². The standard InChI is InChI=1S/C12H14N4OS/c13-12(16-17)11-4-2-1-3-9(11)5-14-6-10-7-15-8-18-10/h1-4,7-8,14,17H,5-6H2,(H2,13,16). The molecule has 1 aromatic carbocycles. The van der Waals surface area contributed by atoms with Crippen molar-refractivity contribution in [1.29, 1.82) is 0 Å². The van der Waals surface area contributed by atoms with Crippen molar-refractivity contribution in [3.05, 3.63) is 52.0 Å². The fourth-order valence-corrected chi connectivity index (χ4v) is 2.19. The molecule has 2 aromatic rings. The van der Waals surface area contributed by atoms with Gasteiger partial charge in [-0.1, -0.05) is 29.4 Å². The van der Waals surface area contributed by atoms with E-state index >= 15 is 0 Å².